The highest BCUT2D eigenvalue weighted by Crippen LogP contribution is 2.05. The molecular formula is C17H34N6O6. The number of carboxylic acids is 1. The number of carbonyl (C=O) groups excluding carboxylic acids is 3. The summed E-state index contributed by atoms with van der Waals surface area (Å²) in [5, 5.41) is 25.0. The summed E-state index contributed by atoms with van der Waals surface area (Å²) in [4.78, 5) is 47.6. The molecular weight excluding hydrogens is 384 g/mol. The van der Waals surface area contributed by atoms with Crippen molar-refractivity contribution in [1.82, 2.24) is 16.0 Å². The zero-order valence-electron chi connectivity index (χ0n) is 16.6. The number of hydrogen-bond donors (Lipinski definition) is 8. The Kier molecular flexibility index (Phi) is 14.4. The molecule has 0 aliphatic heterocycles. The number of amides is 3. The average molecular weight is 418 g/mol. The smallest absolute Gasteiger partial charge is 0.322 e. The lowest BCUT2D eigenvalue weighted by Gasteiger charge is -2.24. The largest absolute Gasteiger partial charge is 0.480 e. The Balaban J connectivity index is 5.14. The molecule has 0 saturated heterocycles. The molecule has 12 nitrogen and oxygen atoms in total. The maximum atomic E-state index is 12.7. The Hall–Kier alpha value is -2.28. The second-order valence-corrected chi connectivity index (χ2v) is 6.59. The molecule has 0 aromatic rings. The SMILES string of the molecule is NCCCCC(NC(=O)C(N)CO)C(=O)NC(CCCCN)C(=O)NCC(=O)O. The fourth-order valence-corrected chi connectivity index (χ4v) is 2.44. The van der Waals surface area contributed by atoms with E-state index in [1.54, 1.807) is 0 Å². The van der Waals surface area contributed by atoms with Crippen molar-refractivity contribution in [3.8, 4) is 0 Å². The Morgan fingerprint density at radius 2 is 1.28 bits per heavy atom. The Morgan fingerprint density at radius 1 is 0.793 bits per heavy atom. The molecule has 0 spiro atoms. The summed E-state index contributed by atoms with van der Waals surface area (Å²) in [6.07, 6.45) is 2.87. The Bertz CT molecular complexity index is 533. The lowest BCUT2D eigenvalue weighted by molar-refractivity contribution is -0.138. The summed E-state index contributed by atoms with van der Waals surface area (Å²) in [6.45, 7) is -0.335. The number of nitrogens with one attached hydrogen (secondary N) is 3. The topological polar surface area (TPSA) is 223 Å². The maximum absolute atomic E-state index is 12.7. The van der Waals surface area contributed by atoms with E-state index in [4.69, 9.17) is 27.4 Å². The van der Waals surface area contributed by atoms with Gasteiger partial charge in [-0.1, -0.05) is 0 Å². The molecule has 168 valence electrons. The van der Waals surface area contributed by atoms with Crippen LogP contribution in [0.3, 0.4) is 0 Å². The molecule has 0 aromatic carbocycles. The van der Waals surface area contributed by atoms with Crippen molar-refractivity contribution in [2.45, 2.75) is 56.7 Å². The van der Waals surface area contributed by atoms with Crippen molar-refractivity contribution < 1.29 is 29.4 Å². The number of carboxylic acid groups (broad SMARTS) is 1. The van der Waals surface area contributed by atoms with Crippen LogP contribution >= 0.6 is 0 Å². The molecule has 0 radical (unpaired) electrons. The maximum Gasteiger partial charge on any atom is 0.322 e. The predicted octanol–water partition coefficient (Wildman–Crippen LogP) is -3.27. The van der Waals surface area contributed by atoms with Gasteiger partial charge >= 0.3 is 5.97 Å². The van der Waals surface area contributed by atoms with Crippen molar-refractivity contribution in [2.75, 3.05) is 26.2 Å². The third-order valence-corrected chi connectivity index (χ3v) is 4.11. The second kappa shape index (κ2) is 15.6. The molecule has 0 rings (SSSR count). The number of carbonyl (C=O) groups is 4. The van der Waals surface area contributed by atoms with Crippen LogP contribution in [0.5, 0.6) is 0 Å². The van der Waals surface area contributed by atoms with Gasteiger partial charge in [-0.2, -0.15) is 0 Å². The number of hydrogen-bond acceptors (Lipinski definition) is 8. The Morgan fingerprint density at radius 3 is 1.72 bits per heavy atom. The summed E-state index contributed by atoms with van der Waals surface area (Å²) in [5.74, 6) is -3.16. The van der Waals surface area contributed by atoms with Crippen molar-refractivity contribution in [2.24, 2.45) is 17.2 Å². The highest BCUT2D eigenvalue weighted by atomic mass is 16.4. The molecule has 0 heterocycles. The van der Waals surface area contributed by atoms with Gasteiger partial charge in [0.05, 0.1) is 6.61 Å². The van der Waals surface area contributed by atoms with Gasteiger partial charge in [-0.3, -0.25) is 19.2 Å². The number of aliphatic hydroxyl groups is 1. The van der Waals surface area contributed by atoms with E-state index in [1.807, 2.05) is 0 Å². The monoisotopic (exact) mass is 418 g/mol. The summed E-state index contributed by atoms with van der Waals surface area (Å²) >= 11 is 0. The Labute approximate surface area is 169 Å². The molecule has 0 fully saturated rings. The summed E-state index contributed by atoms with van der Waals surface area (Å²) in [6, 6.07) is -3.14. The van der Waals surface area contributed by atoms with Crippen LogP contribution < -0.4 is 33.2 Å². The van der Waals surface area contributed by atoms with Gasteiger partial charge in [0.25, 0.3) is 0 Å². The molecule has 3 amide bonds. The van der Waals surface area contributed by atoms with Crippen molar-refractivity contribution in [3.05, 3.63) is 0 Å². The summed E-state index contributed by atoms with van der Waals surface area (Å²) in [5.41, 5.74) is 16.4. The van der Waals surface area contributed by atoms with Gasteiger partial charge in [-0.25, -0.2) is 0 Å². The second-order valence-electron chi connectivity index (χ2n) is 6.59. The van der Waals surface area contributed by atoms with Crippen LogP contribution in [-0.2, 0) is 19.2 Å². The lowest BCUT2D eigenvalue weighted by Crippen LogP contribution is -2.56. The summed E-state index contributed by atoms with van der Waals surface area (Å²) < 4.78 is 0. The van der Waals surface area contributed by atoms with Crippen molar-refractivity contribution >= 4 is 23.7 Å². The van der Waals surface area contributed by atoms with E-state index in [0.717, 1.165) is 0 Å². The minimum absolute atomic E-state index is 0.258. The molecule has 0 saturated carbocycles. The molecule has 29 heavy (non-hydrogen) atoms. The third-order valence-electron chi connectivity index (χ3n) is 4.11. The molecule has 0 bridgehead atoms. The van der Waals surface area contributed by atoms with Crippen molar-refractivity contribution in [3.63, 3.8) is 0 Å². The van der Waals surface area contributed by atoms with Crippen LogP contribution in [0, 0.1) is 0 Å². The average Bonchev–Trinajstić information content (AvgIpc) is 2.69. The zero-order valence-corrected chi connectivity index (χ0v) is 16.6. The molecule has 3 unspecified atom stereocenters. The van der Waals surface area contributed by atoms with Gasteiger partial charge in [-0.05, 0) is 51.6 Å². The highest BCUT2D eigenvalue weighted by Gasteiger charge is 2.27. The van der Waals surface area contributed by atoms with E-state index >= 15 is 0 Å². The number of unbranched alkanes of at least 4 members (excludes halogenated alkanes) is 2. The minimum Gasteiger partial charge on any atom is -0.480 e. The van der Waals surface area contributed by atoms with E-state index in [1.165, 1.54) is 0 Å². The molecule has 12 heteroatoms. The highest BCUT2D eigenvalue weighted by molar-refractivity contribution is 5.93. The third kappa shape index (κ3) is 12.0. The van der Waals surface area contributed by atoms with Gasteiger partial charge in [0, 0.05) is 0 Å². The van der Waals surface area contributed by atoms with Crippen LogP contribution in [0.15, 0.2) is 0 Å². The first-order valence-electron chi connectivity index (χ1n) is 9.63. The molecule has 0 aliphatic carbocycles. The van der Waals surface area contributed by atoms with Crippen LogP contribution in [0.25, 0.3) is 0 Å². The van der Waals surface area contributed by atoms with Crippen molar-refractivity contribution in [1.29, 1.82) is 0 Å². The fourth-order valence-electron chi connectivity index (χ4n) is 2.44. The van der Waals surface area contributed by atoms with E-state index in [-0.39, 0.29) is 12.8 Å². The van der Waals surface area contributed by atoms with Gasteiger partial charge in [0.1, 0.15) is 24.7 Å². The van der Waals surface area contributed by atoms with E-state index < -0.39 is 55.0 Å². The van der Waals surface area contributed by atoms with E-state index in [9.17, 15) is 19.2 Å². The first kappa shape index (κ1) is 26.7. The lowest BCUT2D eigenvalue weighted by atomic mass is 10.0. The van der Waals surface area contributed by atoms with Crippen LogP contribution in [-0.4, -0.2) is 78.3 Å². The fraction of sp³-hybridized carbons (Fsp3) is 0.765. The normalized spacial score (nSPS) is 13.8. The molecule has 0 aromatic heterocycles. The molecule has 11 N–H and O–H groups in total. The number of aliphatic carboxylic acids is 1. The number of aliphatic hydroxyl groups excluding tert-OH is 1. The molecule has 3 atom stereocenters. The minimum atomic E-state index is -1.21. The van der Waals surface area contributed by atoms with Crippen LogP contribution in [0.1, 0.15) is 38.5 Å². The van der Waals surface area contributed by atoms with E-state index in [2.05, 4.69) is 16.0 Å². The summed E-state index contributed by atoms with van der Waals surface area (Å²) in [7, 11) is 0. The van der Waals surface area contributed by atoms with Gasteiger partial charge in [0.15, 0.2) is 0 Å². The number of nitrogens with two attached hydrogens (primary N) is 3. The first-order valence-corrected chi connectivity index (χ1v) is 9.63. The molecule has 0 aliphatic rings. The predicted molar refractivity (Wildman–Crippen MR) is 105 cm³/mol. The zero-order chi connectivity index (χ0) is 22.2. The van der Waals surface area contributed by atoms with Crippen LogP contribution in [0.2, 0.25) is 0 Å². The van der Waals surface area contributed by atoms with Gasteiger partial charge in [-0.15, -0.1) is 0 Å². The van der Waals surface area contributed by atoms with Gasteiger partial charge < -0.3 is 43.4 Å². The quantitative estimate of drug-likeness (QED) is 0.118. The first-order chi connectivity index (χ1) is 13.8. The standard InChI is InChI=1S/C17H34N6O6/c18-7-3-1-5-12(16(28)21-9-14(25)26)23-17(29)13(6-2-4-8-19)22-15(27)11(20)10-24/h11-13,24H,1-10,18-20H2,(H,21,28)(H,22,27)(H,23,29)(H,25,26). The van der Waals surface area contributed by atoms with Gasteiger partial charge in [0.2, 0.25) is 17.7 Å². The van der Waals surface area contributed by atoms with E-state index in [0.29, 0.717) is 38.8 Å². The number of rotatable bonds is 16. The van der Waals surface area contributed by atoms with Crippen LogP contribution in [0.4, 0.5) is 0 Å².